The van der Waals surface area contributed by atoms with E-state index in [0.29, 0.717) is 36.0 Å². The first-order valence-electron chi connectivity index (χ1n) is 8.81. The van der Waals surface area contributed by atoms with Crippen LogP contribution in [-0.4, -0.2) is 22.5 Å². The molecular weight excluding hydrogens is 340 g/mol. The lowest BCUT2D eigenvalue weighted by atomic mass is 10.2. The average molecular weight is 362 g/mol. The number of hydrogen-bond acceptors (Lipinski definition) is 5. The number of nitrogens with one attached hydrogen (secondary N) is 2. The summed E-state index contributed by atoms with van der Waals surface area (Å²) in [7, 11) is 0. The molecule has 1 heterocycles. The fourth-order valence-electron chi connectivity index (χ4n) is 2.55. The van der Waals surface area contributed by atoms with E-state index in [4.69, 9.17) is 4.74 Å². The van der Waals surface area contributed by atoms with Crippen LogP contribution in [0.3, 0.4) is 0 Å². The number of aromatic nitrogens is 2. The third kappa shape index (κ3) is 5.04. The molecule has 0 aliphatic carbocycles. The molecule has 3 rings (SSSR count). The predicted molar refractivity (Wildman–Crippen MR) is 106 cm³/mol. The molecule has 0 radical (unpaired) electrons. The number of aryl methyl sites for hydroxylation is 1. The summed E-state index contributed by atoms with van der Waals surface area (Å²) in [6.07, 6.45) is 1.54. The minimum absolute atomic E-state index is 0.244. The highest BCUT2D eigenvalue weighted by atomic mass is 16.5. The largest absolute Gasteiger partial charge is 0.494 e. The first-order valence-corrected chi connectivity index (χ1v) is 8.81. The van der Waals surface area contributed by atoms with Gasteiger partial charge < -0.3 is 15.4 Å². The summed E-state index contributed by atoms with van der Waals surface area (Å²) in [5.41, 5.74) is 2.88. The van der Waals surface area contributed by atoms with E-state index in [1.165, 1.54) is 0 Å². The van der Waals surface area contributed by atoms with E-state index in [9.17, 15) is 4.79 Å². The van der Waals surface area contributed by atoms with Crippen LogP contribution in [0, 0.1) is 6.92 Å². The Bertz CT molecular complexity index is 896. The van der Waals surface area contributed by atoms with Crippen LogP contribution in [0.25, 0.3) is 0 Å². The van der Waals surface area contributed by atoms with Gasteiger partial charge in [0.1, 0.15) is 5.75 Å². The zero-order chi connectivity index (χ0) is 19.1. The second-order valence-corrected chi connectivity index (χ2v) is 5.94. The minimum Gasteiger partial charge on any atom is -0.494 e. The van der Waals surface area contributed by atoms with Crippen molar-refractivity contribution in [3.63, 3.8) is 0 Å². The van der Waals surface area contributed by atoms with E-state index in [2.05, 4.69) is 20.6 Å². The van der Waals surface area contributed by atoms with E-state index in [-0.39, 0.29) is 5.91 Å². The molecule has 2 aromatic carbocycles. The highest BCUT2D eigenvalue weighted by Crippen LogP contribution is 2.17. The fourth-order valence-corrected chi connectivity index (χ4v) is 2.55. The molecule has 3 aromatic rings. The van der Waals surface area contributed by atoms with Crippen molar-refractivity contribution in [1.29, 1.82) is 0 Å². The number of carbonyl (C=O) groups excluding carboxylic acids is 1. The molecule has 0 atom stereocenters. The number of nitrogens with zero attached hydrogens (tertiary/aromatic N) is 2. The Morgan fingerprint density at radius 2 is 1.81 bits per heavy atom. The number of amides is 1. The van der Waals surface area contributed by atoms with Crippen molar-refractivity contribution in [3.05, 3.63) is 77.6 Å². The molecule has 6 nitrogen and oxygen atoms in total. The van der Waals surface area contributed by atoms with Gasteiger partial charge in [-0.3, -0.25) is 4.79 Å². The standard InChI is InChI=1S/C21H22N4O2/c1-3-27-18-11-9-17(10-12-18)25-20(26)19-14-23-21(24-15(19)2)22-13-16-7-5-4-6-8-16/h4-12,14H,3,13H2,1-2H3,(H,25,26)(H,22,23,24). The van der Waals surface area contributed by atoms with Gasteiger partial charge >= 0.3 is 0 Å². The lowest BCUT2D eigenvalue weighted by Crippen LogP contribution is -2.15. The number of anilines is 2. The quantitative estimate of drug-likeness (QED) is 0.663. The van der Waals surface area contributed by atoms with Crippen LogP contribution < -0.4 is 15.4 Å². The molecule has 0 fully saturated rings. The molecule has 0 bridgehead atoms. The minimum atomic E-state index is -0.244. The molecule has 0 aliphatic heterocycles. The Kier molecular flexibility index (Phi) is 5.99. The summed E-state index contributed by atoms with van der Waals surface area (Å²) >= 11 is 0. The van der Waals surface area contributed by atoms with Gasteiger partial charge in [-0.15, -0.1) is 0 Å². The van der Waals surface area contributed by atoms with Crippen LogP contribution in [0.2, 0.25) is 0 Å². The van der Waals surface area contributed by atoms with Crippen molar-refractivity contribution < 1.29 is 9.53 Å². The Hall–Kier alpha value is -3.41. The summed E-state index contributed by atoms with van der Waals surface area (Å²) in [6.45, 7) is 4.95. The molecule has 0 aliphatic rings. The van der Waals surface area contributed by atoms with Crippen LogP contribution in [0.5, 0.6) is 5.75 Å². The normalized spacial score (nSPS) is 10.3. The van der Waals surface area contributed by atoms with Crippen LogP contribution in [-0.2, 0) is 6.54 Å². The Labute approximate surface area is 158 Å². The van der Waals surface area contributed by atoms with Gasteiger partial charge in [-0.25, -0.2) is 9.97 Å². The van der Waals surface area contributed by atoms with Crippen molar-refractivity contribution in [2.75, 3.05) is 17.2 Å². The molecule has 1 aromatic heterocycles. The monoisotopic (exact) mass is 362 g/mol. The molecule has 0 saturated heterocycles. The van der Waals surface area contributed by atoms with Gasteiger partial charge in [-0.05, 0) is 43.7 Å². The number of ether oxygens (including phenoxy) is 1. The van der Waals surface area contributed by atoms with Crippen LogP contribution in [0.15, 0.2) is 60.8 Å². The maximum Gasteiger partial charge on any atom is 0.259 e. The molecule has 0 unspecified atom stereocenters. The second-order valence-electron chi connectivity index (χ2n) is 5.94. The fraction of sp³-hybridized carbons (Fsp3) is 0.190. The maximum absolute atomic E-state index is 12.5. The summed E-state index contributed by atoms with van der Waals surface area (Å²) in [5.74, 6) is 1.02. The van der Waals surface area contributed by atoms with Crippen LogP contribution in [0.1, 0.15) is 28.5 Å². The Balaban J connectivity index is 1.63. The molecule has 1 amide bonds. The van der Waals surface area contributed by atoms with Crippen LogP contribution in [0.4, 0.5) is 11.6 Å². The topological polar surface area (TPSA) is 76.1 Å². The van der Waals surface area contributed by atoms with Crippen molar-refractivity contribution in [1.82, 2.24) is 9.97 Å². The summed E-state index contributed by atoms with van der Waals surface area (Å²) in [5, 5.41) is 6.02. The summed E-state index contributed by atoms with van der Waals surface area (Å²) in [6, 6.07) is 17.2. The lowest BCUT2D eigenvalue weighted by Gasteiger charge is -2.10. The Morgan fingerprint density at radius 3 is 2.48 bits per heavy atom. The first kappa shape index (κ1) is 18.4. The number of benzene rings is 2. The van der Waals surface area contributed by atoms with Crippen molar-refractivity contribution in [2.45, 2.75) is 20.4 Å². The van der Waals surface area contributed by atoms with Crippen molar-refractivity contribution >= 4 is 17.5 Å². The molecule has 0 saturated carbocycles. The van der Waals surface area contributed by atoms with Gasteiger partial charge in [-0.1, -0.05) is 30.3 Å². The van der Waals surface area contributed by atoms with Gasteiger partial charge in [0, 0.05) is 18.4 Å². The SMILES string of the molecule is CCOc1ccc(NC(=O)c2cnc(NCc3ccccc3)nc2C)cc1. The van der Waals surface area contributed by atoms with Gasteiger partial charge in [-0.2, -0.15) is 0 Å². The smallest absolute Gasteiger partial charge is 0.259 e. The number of carbonyl (C=O) groups is 1. The predicted octanol–water partition coefficient (Wildman–Crippen LogP) is 4.05. The van der Waals surface area contributed by atoms with Gasteiger partial charge in [0.2, 0.25) is 5.95 Å². The van der Waals surface area contributed by atoms with E-state index < -0.39 is 0 Å². The third-order valence-corrected chi connectivity index (χ3v) is 3.94. The zero-order valence-electron chi connectivity index (χ0n) is 15.4. The average Bonchev–Trinajstić information content (AvgIpc) is 2.69. The van der Waals surface area contributed by atoms with E-state index in [1.807, 2.05) is 49.4 Å². The second kappa shape index (κ2) is 8.80. The number of rotatable bonds is 7. The van der Waals surface area contributed by atoms with Crippen molar-refractivity contribution in [3.8, 4) is 5.75 Å². The highest BCUT2D eigenvalue weighted by Gasteiger charge is 2.12. The van der Waals surface area contributed by atoms with E-state index in [1.54, 1.807) is 25.3 Å². The zero-order valence-corrected chi connectivity index (χ0v) is 15.4. The van der Waals surface area contributed by atoms with E-state index in [0.717, 1.165) is 11.3 Å². The van der Waals surface area contributed by atoms with Crippen molar-refractivity contribution in [2.24, 2.45) is 0 Å². The molecule has 6 heteroatoms. The molecule has 2 N–H and O–H groups in total. The van der Waals surface area contributed by atoms with E-state index >= 15 is 0 Å². The highest BCUT2D eigenvalue weighted by molar-refractivity contribution is 6.04. The van der Waals surface area contributed by atoms with Gasteiger partial charge in [0.05, 0.1) is 17.9 Å². The first-order chi connectivity index (χ1) is 13.2. The van der Waals surface area contributed by atoms with Gasteiger partial charge in [0.25, 0.3) is 5.91 Å². The summed E-state index contributed by atoms with van der Waals surface area (Å²) in [4.78, 5) is 21.1. The van der Waals surface area contributed by atoms with Gasteiger partial charge in [0.15, 0.2) is 0 Å². The molecular formula is C21H22N4O2. The number of hydrogen-bond donors (Lipinski definition) is 2. The molecule has 138 valence electrons. The Morgan fingerprint density at radius 1 is 1.07 bits per heavy atom. The third-order valence-electron chi connectivity index (χ3n) is 3.94. The molecule has 27 heavy (non-hydrogen) atoms. The molecule has 0 spiro atoms. The summed E-state index contributed by atoms with van der Waals surface area (Å²) < 4.78 is 5.40. The lowest BCUT2D eigenvalue weighted by molar-refractivity contribution is 0.102. The van der Waals surface area contributed by atoms with Crippen LogP contribution >= 0.6 is 0 Å². The maximum atomic E-state index is 12.5.